The summed E-state index contributed by atoms with van der Waals surface area (Å²) >= 11 is 1.69. The minimum Gasteiger partial charge on any atom is -0.356 e. The molecule has 0 saturated carbocycles. The van der Waals surface area contributed by atoms with Crippen LogP contribution >= 0.6 is 11.8 Å². The first kappa shape index (κ1) is 21.7. The number of rotatable bonds is 9. The number of thioether (sulfide) groups is 1. The second-order valence-electron chi connectivity index (χ2n) is 6.04. The molecule has 0 spiro atoms. The summed E-state index contributed by atoms with van der Waals surface area (Å²) in [5.74, 6) is 1.82. The number of nitrogens with one attached hydrogen (secondary N) is 3. The molecule has 8 heteroatoms. The quantitative estimate of drug-likeness (QED) is 0.259. The molecule has 1 aromatic carbocycles. The average molecular weight is 404 g/mol. The van der Waals surface area contributed by atoms with Gasteiger partial charge in [-0.25, -0.2) is 9.37 Å². The Kier molecular flexibility index (Phi) is 9.27. The zero-order valence-electron chi connectivity index (χ0n) is 16.2. The van der Waals surface area contributed by atoms with E-state index in [1.54, 1.807) is 37.0 Å². The Morgan fingerprint density at radius 2 is 1.89 bits per heavy atom. The summed E-state index contributed by atoms with van der Waals surface area (Å²) in [7, 11) is 1.69. The van der Waals surface area contributed by atoms with Crippen LogP contribution in [0, 0.1) is 12.7 Å². The Hall–Kier alpha value is -2.61. The van der Waals surface area contributed by atoms with Gasteiger partial charge in [-0.05, 0) is 55.5 Å². The number of hydrogen-bond acceptors (Lipinski definition) is 4. The molecule has 0 aliphatic carbocycles. The predicted octanol–water partition coefficient (Wildman–Crippen LogP) is 3.21. The van der Waals surface area contributed by atoms with Crippen molar-refractivity contribution in [2.45, 2.75) is 24.7 Å². The number of aromatic nitrogens is 1. The minimum absolute atomic E-state index is 0.100. The first-order valence-electron chi connectivity index (χ1n) is 9.13. The van der Waals surface area contributed by atoms with Crippen LogP contribution in [0.3, 0.4) is 0 Å². The lowest BCUT2D eigenvalue weighted by Gasteiger charge is -2.12. The van der Waals surface area contributed by atoms with Crippen LogP contribution in [0.1, 0.15) is 18.5 Å². The minimum atomic E-state index is -0.218. The summed E-state index contributed by atoms with van der Waals surface area (Å²) in [4.78, 5) is 21.4. The number of hydrogen-bond donors (Lipinski definition) is 3. The lowest BCUT2D eigenvalue weighted by atomic mass is 10.3. The van der Waals surface area contributed by atoms with Crippen LogP contribution < -0.4 is 16.0 Å². The van der Waals surface area contributed by atoms with Crippen LogP contribution in [0.4, 0.5) is 10.2 Å². The molecule has 0 aliphatic heterocycles. The molecule has 1 heterocycles. The van der Waals surface area contributed by atoms with E-state index in [0.29, 0.717) is 24.7 Å². The van der Waals surface area contributed by atoms with Crippen LogP contribution in [0.25, 0.3) is 0 Å². The van der Waals surface area contributed by atoms with Crippen molar-refractivity contribution in [3.05, 3.63) is 54.0 Å². The van der Waals surface area contributed by atoms with Gasteiger partial charge >= 0.3 is 0 Å². The van der Waals surface area contributed by atoms with Gasteiger partial charge in [-0.2, -0.15) is 0 Å². The predicted molar refractivity (Wildman–Crippen MR) is 113 cm³/mol. The zero-order chi connectivity index (χ0) is 20.2. The number of aliphatic imine (C=N–C) groups is 1. The molecule has 2 rings (SSSR count). The van der Waals surface area contributed by atoms with E-state index in [0.717, 1.165) is 29.3 Å². The van der Waals surface area contributed by atoms with Crippen LogP contribution in [0.5, 0.6) is 0 Å². The average Bonchev–Trinajstić information content (AvgIpc) is 2.67. The second-order valence-corrected chi connectivity index (χ2v) is 7.21. The number of pyridine rings is 1. The third-order valence-corrected chi connectivity index (χ3v) is 4.82. The summed E-state index contributed by atoms with van der Waals surface area (Å²) in [5, 5.41) is 9.12. The molecule has 1 amide bonds. The van der Waals surface area contributed by atoms with Gasteiger partial charge in [-0.3, -0.25) is 9.79 Å². The van der Waals surface area contributed by atoms with Gasteiger partial charge < -0.3 is 16.0 Å². The Morgan fingerprint density at radius 1 is 1.14 bits per heavy atom. The van der Waals surface area contributed by atoms with Gasteiger partial charge in [0.1, 0.15) is 11.6 Å². The number of carbonyl (C=O) groups is 1. The molecule has 2 aromatic rings. The Labute approximate surface area is 169 Å². The van der Waals surface area contributed by atoms with E-state index < -0.39 is 0 Å². The Bertz CT molecular complexity index is 782. The van der Waals surface area contributed by atoms with E-state index in [-0.39, 0.29) is 11.7 Å². The molecule has 1 aromatic heterocycles. The van der Waals surface area contributed by atoms with Crippen LogP contribution in [-0.2, 0) is 4.79 Å². The molecule has 150 valence electrons. The highest BCUT2D eigenvalue weighted by atomic mass is 32.2. The van der Waals surface area contributed by atoms with Crippen LogP contribution in [-0.4, -0.2) is 42.7 Å². The van der Waals surface area contributed by atoms with Gasteiger partial charge in [0, 0.05) is 37.1 Å². The van der Waals surface area contributed by atoms with Gasteiger partial charge in [-0.15, -0.1) is 11.8 Å². The fraction of sp³-hybridized carbons (Fsp3) is 0.350. The van der Waals surface area contributed by atoms with Crippen molar-refractivity contribution >= 4 is 29.4 Å². The van der Waals surface area contributed by atoms with Crippen molar-refractivity contribution in [1.29, 1.82) is 0 Å². The van der Waals surface area contributed by atoms with Gasteiger partial charge in [0.15, 0.2) is 5.96 Å². The number of halogens is 1. The van der Waals surface area contributed by atoms with E-state index in [2.05, 4.69) is 25.9 Å². The van der Waals surface area contributed by atoms with E-state index in [1.165, 1.54) is 12.1 Å². The van der Waals surface area contributed by atoms with Crippen molar-refractivity contribution in [1.82, 2.24) is 15.6 Å². The SMILES string of the molecule is CN=C(NCCCSc1ccc(F)cc1)NCCC(=O)Nc1cccc(C)n1. The van der Waals surface area contributed by atoms with Crippen molar-refractivity contribution in [3.63, 3.8) is 0 Å². The van der Waals surface area contributed by atoms with Crippen molar-refractivity contribution in [2.75, 3.05) is 31.2 Å². The number of anilines is 1. The van der Waals surface area contributed by atoms with Gasteiger partial charge in [0.05, 0.1) is 0 Å². The molecular formula is C20H26FN5OS. The summed E-state index contributed by atoms with van der Waals surface area (Å²) < 4.78 is 12.9. The maximum atomic E-state index is 12.9. The van der Waals surface area contributed by atoms with E-state index in [4.69, 9.17) is 0 Å². The second kappa shape index (κ2) is 12.0. The third kappa shape index (κ3) is 8.39. The van der Waals surface area contributed by atoms with Gasteiger partial charge in [-0.1, -0.05) is 6.07 Å². The molecular weight excluding hydrogens is 377 g/mol. The largest absolute Gasteiger partial charge is 0.356 e. The molecule has 28 heavy (non-hydrogen) atoms. The zero-order valence-corrected chi connectivity index (χ0v) is 17.0. The molecule has 0 fully saturated rings. The summed E-state index contributed by atoms with van der Waals surface area (Å²) in [5.41, 5.74) is 0.859. The van der Waals surface area contributed by atoms with E-state index in [9.17, 15) is 9.18 Å². The first-order valence-corrected chi connectivity index (χ1v) is 10.1. The summed E-state index contributed by atoms with van der Waals surface area (Å²) in [6.45, 7) is 3.11. The molecule has 0 atom stereocenters. The number of amides is 1. The number of nitrogens with zero attached hydrogens (tertiary/aromatic N) is 2. The molecule has 3 N–H and O–H groups in total. The Morgan fingerprint density at radius 3 is 2.61 bits per heavy atom. The van der Waals surface area contributed by atoms with Crippen molar-refractivity contribution in [2.24, 2.45) is 4.99 Å². The summed E-state index contributed by atoms with van der Waals surface area (Å²) in [6.07, 6.45) is 1.25. The fourth-order valence-corrected chi connectivity index (χ4v) is 3.19. The van der Waals surface area contributed by atoms with E-state index in [1.807, 2.05) is 19.1 Å². The highest BCUT2D eigenvalue weighted by molar-refractivity contribution is 7.99. The maximum Gasteiger partial charge on any atom is 0.227 e. The summed E-state index contributed by atoms with van der Waals surface area (Å²) in [6, 6.07) is 12.0. The number of carbonyl (C=O) groups excluding carboxylic acids is 1. The molecule has 0 bridgehead atoms. The standard InChI is InChI=1S/C20H26FN5OS/c1-15-5-3-6-18(25-15)26-19(27)11-13-24-20(22-2)23-12-4-14-28-17-9-7-16(21)8-10-17/h3,5-10H,4,11-14H2,1-2H3,(H2,22,23,24)(H,25,26,27). The molecule has 6 nitrogen and oxygen atoms in total. The maximum absolute atomic E-state index is 12.9. The smallest absolute Gasteiger partial charge is 0.227 e. The van der Waals surface area contributed by atoms with Crippen LogP contribution in [0.15, 0.2) is 52.4 Å². The number of aryl methyl sites for hydroxylation is 1. The first-order chi connectivity index (χ1) is 13.6. The van der Waals surface area contributed by atoms with Crippen molar-refractivity contribution in [3.8, 4) is 0 Å². The van der Waals surface area contributed by atoms with E-state index >= 15 is 0 Å². The normalized spacial score (nSPS) is 11.2. The van der Waals surface area contributed by atoms with Crippen molar-refractivity contribution < 1.29 is 9.18 Å². The lowest BCUT2D eigenvalue weighted by Crippen LogP contribution is -2.39. The van der Waals surface area contributed by atoms with Gasteiger partial charge in [0.25, 0.3) is 0 Å². The number of benzene rings is 1. The molecule has 0 saturated heterocycles. The third-order valence-electron chi connectivity index (χ3n) is 3.72. The van der Waals surface area contributed by atoms with Crippen LogP contribution in [0.2, 0.25) is 0 Å². The monoisotopic (exact) mass is 403 g/mol. The molecule has 0 aliphatic rings. The fourth-order valence-electron chi connectivity index (χ4n) is 2.33. The number of guanidine groups is 1. The molecule has 0 radical (unpaired) electrons. The molecule has 0 unspecified atom stereocenters. The highest BCUT2D eigenvalue weighted by Gasteiger charge is 2.04. The Balaban J connectivity index is 1.58. The lowest BCUT2D eigenvalue weighted by molar-refractivity contribution is -0.116. The van der Waals surface area contributed by atoms with Gasteiger partial charge in [0.2, 0.25) is 5.91 Å². The topological polar surface area (TPSA) is 78.4 Å². The highest BCUT2D eigenvalue weighted by Crippen LogP contribution is 2.18.